The average Bonchev–Trinajstić information content (AvgIpc) is 3.15. The van der Waals surface area contributed by atoms with Gasteiger partial charge in [-0.3, -0.25) is 14.6 Å². The molecule has 1 atom stereocenters. The molecule has 0 bridgehead atoms. The number of hydrogen-bond donors (Lipinski definition) is 6. The Bertz CT molecular complexity index is 2060. The van der Waals surface area contributed by atoms with E-state index >= 15 is 0 Å². The number of primary amides is 1. The van der Waals surface area contributed by atoms with Gasteiger partial charge in [0.25, 0.3) is 11.8 Å². The molecule has 0 saturated heterocycles. The molecule has 7 N–H and O–H groups in total. The van der Waals surface area contributed by atoms with Crippen molar-refractivity contribution in [3.05, 3.63) is 113 Å². The Morgan fingerprint density at radius 2 is 1.77 bits per heavy atom. The Morgan fingerprint density at radius 1 is 0.981 bits per heavy atom. The Balaban J connectivity index is 1.15. The van der Waals surface area contributed by atoms with Gasteiger partial charge in [0, 0.05) is 64.4 Å². The maximum absolute atomic E-state index is 13.4. The molecular formula is C41H47N5O6S. The number of amides is 2. The molecule has 1 heterocycles. The lowest BCUT2D eigenvalue weighted by molar-refractivity contribution is 0.0792. The SMILES string of the molecule is COc1cccc(Nc2c(C(N)=O)cnc3c(C)cc(Sc4cccc(C(=O)N(C)CCCCCCNC[C@H](O)c5ccc(O)c(CO)c5)c4)cc23)c1. The van der Waals surface area contributed by atoms with E-state index in [1.54, 1.807) is 24.1 Å². The van der Waals surface area contributed by atoms with E-state index in [1.807, 2.05) is 74.6 Å². The summed E-state index contributed by atoms with van der Waals surface area (Å²) >= 11 is 1.52. The van der Waals surface area contributed by atoms with Crippen molar-refractivity contribution >= 4 is 45.9 Å². The van der Waals surface area contributed by atoms with Crippen LogP contribution in [0.2, 0.25) is 0 Å². The van der Waals surface area contributed by atoms with Crippen molar-refractivity contribution in [1.29, 1.82) is 0 Å². The fourth-order valence-corrected chi connectivity index (χ4v) is 7.09. The van der Waals surface area contributed by atoms with Crippen LogP contribution in [0, 0.1) is 6.92 Å². The number of fused-ring (bicyclic) bond motifs is 1. The van der Waals surface area contributed by atoms with E-state index in [9.17, 15) is 24.9 Å². The van der Waals surface area contributed by atoms with Crippen LogP contribution in [0.3, 0.4) is 0 Å². The van der Waals surface area contributed by atoms with Crippen molar-refractivity contribution in [3.8, 4) is 11.5 Å². The van der Waals surface area contributed by atoms with Gasteiger partial charge in [0.2, 0.25) is 0 Å². The van der Waals surface area contributed by atoms with Gasteiger partial charge in [0.05, 0.1) is 36.6 Å². The number of ether oxygens (including phenoxy) is 1. The van der Waals surface area contributed by atoms with Gasteiger partial charge in [-0.05, 0) is 92.0 Å². The number of carbonyl (C=O) groups is 2. The molecule has 0 aliphatic carbocycles. The van der Waals surface area contributed by atoms with E-state index in [0.717, 1.165) is 64.2 Å². The number of aromatic hydroxyl groups is 1. The maximum atomic E-state index is 13.4. The van der Waals surface area contributed by atoms with Gasteiger partial charge in [0.15, 0.2) is 0 Å². The number of rotatable bonds is 18. The zero-order valence-electron chi connectivity index (χ0n) is 30.3. The van der Waals surface area contributed by atoms with Crippen LogP contribution in [0.5, 0.6) is 11.5 Å². The quantitative estimate of drug-likeness (QED) is 0.0532. The number of aliphatic hydroxyl groups excluding tert-OH is 2. The number of pyridine rings is 1. The number of methoxy groups -OCH3 is 1. The van der Waals surface area contributed by atoms with Crippen molar-refractivity contribution in [3.63, 3.8) is 0 Å². The average molecular weight is 738 g/mol. The molecule has 278 valence electrons. The Morgan fingerprint density at radius 3 is 2.55 bits per heavy atom. The number of nitrogens with zero attached hydrogens (tertiary/aromatic N) is 2. The molecule has 0 fully saturated rings. The predicted molar refractivity (Wildman–Crippen MR) is 209 cm³/mol. The highest BCUT2D eigenvalue weighted by molar-refractivity contribution is 7.99. The van der Waals surface area contributed by atoms with Crippen molar-refractivity contribution in [2.45, 2.75) is 55.1 Å². The summed E-state index contributed by atoms with van der Waals surface area (Å²) in [7, 11) is 3.42. The number of nitrogens with two attached hydrogens (primary N) is 1. The molecule has 5 aromatic rings. The molecular weight excluding hydrogens is 691 g/mol. The van der Waals surface area contributed by atoms with E-state index in [4.69, 9.17) is 10.5 Å². The predicted octanol–water partition coefficient (Wildman–Crippen LogP) is 6.70. The van der Waals surface area contributed by atoms with E-state index in [1.165, 1.54) is 24.0 Å². The van der Waals surface area contributed by atoms with Crippen molar-refractivity contribution in [2.24, 2.45) is 5.73 Å². The minimum Gasteiger partial charge on any atom is -0.508 e. The van der Waals surface area contributed by atoms with Gasteiger partial charge >= 0.3 is 0 Å². The monoisotopic (exact) mass is 737 g/mol. The first-order valence-corrected chi connectivity index (χ1v) is 18.4. The molecule has 0 unspecified atom stereocenters. The summed E-state index contributed by atoms with van der Waals surface area (Å²) in [6.45, 7) is 3.45. The largest absolute Gasteiger partial charge is 0.508 e. The van der Waals surface area contributed by atoms with Gasteiger partial charge in [-0.25, -0.2) is 0 Å². The van der Waals surface area contributed by atoms with Crippen LogP contribution in [0.4, 0.5) is 11.4 Å². The fraction of sp³-hybridized carbons (Fsp3) is 0.293. The lowest BCUT2D eigenvalue weighted by Crippen LogP contribution is -2.27. The number of aromatic nitrogens is 1. The molecule has 53 heavy (non-hydrogen) atoms. The van der Waals surface area contributed by atoms with Gasteiger partial charge < -0.3 is 41.3 Å². The van der Waals surface area contributed by atoms with Crippen LogP contribution in [0.25, 0.3) is 10.9 Å². The zero-order valence-corrected chi connectivity index (χ0v) is 31.1. The minimum atomic E-state index is -0.733. The van der Waals surface area contributed by atoms with Crippen molar-refractivity contribution in [2.75, 3.05) is 39.1 Å². The first-order valence-electron chi connectivity index (χ1n) is 17.6. The number of aryl methyl sites for hydroxylation is 1. The lowest BCUT2D eigenvalue weighted by atomic mass is 10.1. The molecule has 2 amide bonds. The Hall–Kier alpha value is -5.14. The van der Waals surface area contributed by atoms with Gasteiger partial charge in [-0.15, -0.1) is 0 Å². The van der Waals surface area contributed by atoms with E-state index in [-0.39, 0.29) is 23.8 Å². The first-order chi connectivity index (χ1) is 25.6. The van der Waals surface area contributed by atoms with Crippen LogP contribution in [-0.4, -0.2) is 70.8 Å². The molecule has 12 heteroatoms. The number of aliphatic hydroxyl groups is 2. The van der Waals surface area contributed by atoms with Crippen molar-refractivity contribution < 1.29 is 29.6 Å². The van der Waals surface area contributed by atoms with E-state index < -0.39 is 12.0 Å². The molecule has 0 aliphatic heterocycles. The van der Waals surface area contributed by atoms with E-state index in [0.29, 0.717) is 41.2 Å². The van der Waals surface area contributed by atoms with E-state index in [2.05, 4.69) is 15.6 Å². The Kier molecular flexibility index (Phi) is 13.7. The second-order valence-electron chi connectivity index (χ2n) is 12.9. The molecule has 1 aromatic heterocycles. The van der Waals surface area contributed by atoms with Crippen LogP contribution in [-0.2, 0) is 6.61 Å². The van der Waals surface area contributed by atoms with Crippen LogP contribution in [0.1, 0.15) is 69.2 Å². The molecule has 0 spiro atoms. The van der Waals surface area contributed by atoms with Crippen LogP contribution in [0.15, 0.2) is 94.9 Å². The molecule has 4 aromatic carbocycles. The topological polar surface area (TPSA) is 170 Å². The summed E-state index contributed by atoms with van der Waals surface area (Å²) in [4.78, 5) is 34.0. The molecule has 0 saturated carbocycles. The smallest absolute Gasteiger partial charge is 0.253 e. The number of anilines is 2. The molecule has 5 rings (SSSR count). The fourth-order valence-electron chi connectivity index (χ4n) is 6.07. The highest BCUT2D eigenvalue weighted by atomic mass is 32.2. The van der Waals surface area contributed by atoms with Gasteiger partial charge in [-0.2, -0.15) is 0 Å². The number of nitrogens with one attached hydrogen (secondary N) is 2. The van der Waals surface area contributed by atoms with Gasteiger partial charge in [0.1, 0.15) is 11.5 Å². The van der Waals surface area contributed by atoms with Crippen molar-refractivity contribution in [1.82, 2.24) is 15.2 Å². The number of hydrogen-bond acceptors (Lipinski definition) is 10. The number of phenols is 1. The second kappa shape index (κ2) is 18.6. The third-order valence-electron chi connectivity index (χ3n) is 9.00. The highest BCUT2D eigenvalue weighted by Crippen LogP contribution is 2.37. The van der Waals surface area contributed by atoms with Gasteiger partial charge in [-0.1, -0.05) is 42.8 Å². The minimum absolute atomic E-state index is 0.0129. The first kappa shape index (κ1) is 39.1. The Labute approximate surface area is 314 Å². The summed E-state index contributed by atoms with van der Waals surface area (Å²) in [5, 5.41) is 36.9. The highest BCUT2D eigenvalue weighted by Gasteiger charge is 2.18. The third-order valence-corrected chi connectivity index (χ3v) is 9.96. The standard InChI is InChI=1S/C41H47N5O6S/c1-26-18-33(22-34-38(26)44-23-35(40(42)50)39(34)45-30-11-9-12-31(21-30)52-3)53-32-13-8-10-28(20-32)41(51)46(2)17-7-5-4-6-16-43-24-37(49)27-14-15-36(48)29(19-27)25-47/h8-15,18-23,37,43,47-49H,4-7,16-17,24-25H2,1-3H3,(H2,42,50)(H,44,45)/t37-/m0/s1. The number of carbonyl (C=O) groups excluding carboxylic acids is 2. The summed E-state index contributed by atoms with van der Waals surface area (Å²) in [6.07, 6.45) is 4.54. The summed E-state index contributed by atoms with van der Waals surface area (Å²) in [6, 6.07) is 23.8. The molecule has 11 nitrogen and oxygen atoms in total. The summed E-state index contributed by atoms with van der Waals surface area (Å²) in [5.74, 6) is 0.0486. The normalized spacial score (nSPS) is 11.7. The van der Waals surface area contributed by atoms with Crippen LogP contribution >= 0.6 is 11.8 Å². The molecule has 0 radical (unpaired) electrons. The molecule has 0 aliphatic rings. The number of benzene rings is 4. The summed E-state index contributed by atoms with van der Waals surface area (Å²) < 4.78 is 5.38. The third kappa shape index (κ3) is 10.3. The lowest BCUT2D eigenvalue weighted by Gasteiger charge is -2.18. The van der Waals surface area contributed by atoms with Crippen LogP contribution < -0.4 is 21.1 Å². The maximum Gasteiger partial charge on any atom is 0.253 e. The second-order valence-corrected chi connectivity index (χ2v) is 14.1. The number of unbranched alkanes of at least 4 members (excludes halogenated alkanes) is 3. The zero-order chi connectivity index (χ0) is 37.9. The summed E-state index contributed by atoms with van der Waals surface area (Å²) in [5.41, 5.74) is 10.7.